The standard InChI is InChI=1S/C29H41N5/c1-5-16-32(22-25-13-11-12-24(4)21-25)23-27-28(6-2)30-34(26-14-9-8-10-15-26)29(27)33-19-17-31(7-3)18-20-33/h8-15,21H,5-7,16-20,22-23H2,1-4H3. The first-order valence-electron chi connectivity index (χ1n) is 13.0. The number of nitrogens with zero attached hydrogens (tertiary/aromatic N) is 5. The fourth-order valence-corrected chi connectivity index (χ4v) is 5.10. The van der Waals surface area contributed by atoms with E-state index in [1.165, 1.54) is 28.2 Å². The van der Waals surface area contributed by atoms with Gasteiger partial charge in [0, 0.05) is 44.8 Å². The molecule has 2 heterocycles. The molecule has 1 fully saturated rings. The summed E-state index contributed by atoms with van der Waals surface area (Å²) in [6, 6.07) is 19.6. The minimum atomic E-state index is 0.932. The number of aromatic nitrogens is 2. The van der Waals surface area contributed by atoms with Crippen molar-refractivity contribution < 1.29 is 0 Å². The molecule has 0 unspecified atom stereocenters. The van der Waals surface area contributed by atoms with E-state index in [9.17, 15) is 0 Å². The summed E-state index contributed by atoms with van der Waals surface area (Å²) >= 11 is 0. The molecule has 0 saturated carbocycles. The van der Waals surface area contributed by atoms with Gasteiger partial charge in [0.2, 0.25) is 0 Å². The maximum absolute atomic E-state index is 5.18. The number of piperazine rings is 1. The smallest absolute Gasteiger partial charge is 0.137 e. The molecule has 0 radical (unpaired) electrons. The summed E-state index contributed by atoms with van der Waals surface area (Å²) in [5.41, 5.74) is 6.49. The van der Waals surface area contributed by atoms with Crippen molar-refractivity contribution in [2.75, 3.05) is 44.2 Å². The summed E-state index contributed by atoms with van der Waals surface area (Å²) in [5, 5.41) is 5.18. The van der Waals surface area contributed by atoms with Gasteiger partial charge in [0.25, 0.3) is 0 Å². The molecular weight excluding hydrogens is 418 g/mol. The highest BCUT2D eigenvalue weighted by molar-refractivity contribution is 5.56. The molecule has 1 aromatic heterocycles. The van der Waals surface area contributed by atoms with Gasteiger partial charge in [0.15, 0.2) is 0 Å². The Hall–Kier alpha value is -2.63. The van der Waals surface area contributed by atoms with Crippen LogP contribution in [0.25, 0.3) is 5.69 Å². The molecule has 3 aromatic rings. The van der Waals surface area contributed by atoms with E-state index in [4.69, 9.17) is 5.10 Å². The Balaban J connectivity index is 1.71. The molecule has 4 rings (SSSR count). The zero-order valence-electron chi connectivity index (χ0n) is 21.5. The fourth-order valence-electron chi connectivity index (χ4n) is 5.10. The summed E-state index contributed by atoms with van der Waals surface area (Å²) in [6.45, 7) is 17.4. The Labute approximate surface area is 206 Å². The lowest BCUT2D eigenvalue weighted by Crippen LogP contribution is -2.47. The molecule has 0 amide bonds. The average Bonchev–Trinajstić information content (AvgIpc) is 3.23. The van der Waals surface area contributed by atoms with E-state index in [0.717, 1.165) is 70.9 Å². The van der Waals surface area contributed by atoms with Crippen molar-refractivity contribution in [3.8, 4) is 5.69 Å². The van der Waals surface area contributed by atoms with Gasteiger partial charge in [0.05, 0.1) is 11.4 Å². The highest BCUT2D eigenvalue weighted by Crippen LogP contribution is 2.31. The van der Waals surface area contributed by atoms with Crippen LogP contribution in [0.1, 0.15) is 49.6 Å². The molecule has 1 saturated heterocycles. The largest absolute Gasteiger partial charge is 0.354 e. The Kier molecular flexibility index (Phi) is 8.41. The third-order valence-corrected chi connectivity index (χ3v) is 6.90. The maximum Gasteiger partial charge on any atom is 0.137 e. The van der Waals surface area contributed by atoms with Crippen molar-refractivity contribution in [3.05, 3.63) is 77.0 Å². The number of anilines is 1. The van der Waals surface area contributed by atoms with Gasteiger partial charge in [-0.25, -0.2) is 4.68 Å². The minimum absolute atomic E-state index is 0.932. The lowest BCUT2D eigenvalue weighted by atomic mass is 10.1. The molecule has 5 nitrogen and oxygen atoms in total. The van der Waals surface area contributed by atoms with Crippen LogP contribution in [0.5, 0.6) is 0 Å². The van der Waals surface area contributed by atoms with Crippen molar-refractivity contribution >= 4 is 5.82 Å². The summed E-state index contributed by atoms with van der Waals surface area (Å²) in [6.07, 6.45) is 2.09. The molecule has 0 bridgehead atoms. The Bertz CT molecular complexity index is 1030. The average molecular weight is 460 g/mol. The van der Waals surface area contributed by atoms with Crippen LogP contribution in [0.4, 0.5) is 5.82 Å². The van der Waals surface area contributed by atoms with Crippen molar-refractivity contribution in [2.45, 2.75) is 53.6 Å². The van der Waals surface area contributed by atoms with Gasteiger partial charge in [-0.2, -0.15) is 5.10 Å². The highest BCUT2D eigenvalue weighted by atomic mass is 15.4. The van der Waals surface area contributed by atoms with Gasteiger partial charge in [-0.3, -0.25) is 4.90 Å². The monoisotopic (exact) mass is 459 g/mol. The lowest BCUT2D eigenvalue weighted by Gasteiger charge is -2.36. The van der Waals surface area contributed by atoms with E-state index in [1.807, 2.05) is 0 Å². The van der Waals surface area contributed by atoms with E-state index < -0.39 is 0 Å². The normalized spacial score (nSPS) is 14.8. The molecule has 1 aliphatic heterocycles. The number of rotatable bonds is 10. The molecule has 34 heavy (non-hydrogen) atoms. The lowest BCUT2D eigenvalue weighted by molar-refractivity contribution is 0.254. The van der Waals surface area contributed by atoms with Gasteiger partial charge in [0.1, 0.15) is 5.82 Å². The van der Waals surface area contributed by atoms with E-state index in [-0.39, 0.29) is 0 Å². The van der Waals surface area contributed by atoms with Crippen molar-refractivity contribution in [1.82, 2.24) is 19.6 Å². The Morgan fingerprint density at radius 3 is 2.29 bits per heavy atom. The molecule has 1 aliphatic rings. The van der Waals surface area contributed by atoms with Gasteiger partial charge >= 0.3 is 0 Å². The predicted octanol–water partition coefficient (Wildman–Crippen LogP) is 5.30. The Morgan fingerprint density at radius 2 is 1.65 bits per heavy atom. The van der Waals surface area contributed by atoms with Crippen LogP contribution in [0.15, 0.2) is 54.6 Å². The number of hydrogen-bond acceptors (Lipinski definition) is 4. The number of aryl methyl sites for hydroxylation is 2. The second kappa shape index (κ2) is 11.7. The van der Waals surface area contributed by atoms with Crippen LogP contribution in [-0.2, 0) is 19.5 Å². The van der Waals surface area contributed by atoms with Crippen LogP contribution >= 0.6 is 0 Å². The van der Waals surface area contributed by atoms with Gasteiger partial charge < -0.3 is 9.80 Å². The maximum atomic E-state index is 5.18. The summed E-state index contributed by atoms with van der Waals surface area (Å²) < 4.78 is 2.21. The zero-order valence-corrected chi connectivity index (χ0v) is 21.5. The summed E-state index contributed by atoms with van der Waals surface area (Å²) in [7, 11) is 0. The van der Waals surface area contributed by atoms with Crippen LogP contribution in [0.3, 0.4) is 0 Å². The number of para-hydroxylation sites is 1. The first kappa shape index (κ1) is 24.5. The number of likely N-dealkylation sites (N-methyl/N-ethyl adjacent to an activating group) is 1. The SMILES string of the molecule is CCCN(Cc1cccc(C)c1)Cc1c(CC)nn(-c2ccccc2)c1N1CCN(CC)CC1. The van der Waals surface area contributed by atoms with Crippen molar-refractivity contribution in [1.29, 1.82) is 0 Å². The molecule has 0 atom stereocenters. The second-order valence-corrected chi connectivity index (χ2v) is 9.47. The Morgan fingerprint density at radius 1 is 0.882 bits per heavy atom. The van der Waals surface area contributed by atoms with Gasteiger partial charge in [-0.05, 0) is 50.6 Å². The molecular formula is C29H41N5. The molecule has 182 valence electrons. The quantitative estimate of drug-likeness (QED) is 0.411. The van der Waals surface area contributed by atoms with Crippen LogP contribution < -0.4 is 4.90 Å². The number of hydrogen-bond donors (Lipinski definition) is 0. The molecule has 0 aliphatic carbocycles. The number of benzene rings is 2. The third kappa shape index (κ3) is 5.70. The van der Waals surface area contributed by atoms with Crippen LogP contribution in [0.2, 0.25) is 0 Å². The van der Waals surface area contributed by atoms with Crippen molar-refractivity contribution in [2.24, 2.45) is 0 Å². The zero-order chi connectivity index (χ0) is 23.9. The van der Waals surface area contributed by atoms with Crippen LogP contribution in [0, 0.1) is 6.92 Å². The molecule has 0 spiro atoms. The topological polar surface area (TPSA) is 27.5 Å². The first-order valence-corrected chi connectivity index (χ1v) is 13.0. The van der Waals surface area contributed by atoms with E-state index in [1.54, 1.807) is 0 Å². The van der Waals surface area contributed by atoms with Crippen LogP contribution in [-0.4, -0.2) is 58.8 Å². The van der Waals surface area contributed by atoms with Gasteiger partial charge in [-0.15, -0.1) is 0 Å². The highest BCUT2D eigenvalue weighted by Gasteiger charge is 2.27. The first-order chi connectivity index (χ1) is 16.6. The third-order valence-electron chi connectivity index (χ3n) is 6.90. The molecule has 5 heteroatoms. The van der Waals surface area contributed by atoms with Crippen molar-refractivity contribution in [3.63, 3.8) is 0 Å². The van der Waals surface area contributed by atoms with Gasteiger partial charge in [-0.1, -0.05) is 68.8 Å². The molecule has 2 aromatic carbocycles. The summed E-state index contributed by atoms with van der Waals surface area (Å²) in [4.78, 5) is 7.73. The van der Waals surface area contributed by atoms with E-state index in [0.29, 0.717) is 0 Å². The van der Waals surface area contributed by atoms with E-state index >= 15 is 0 Å². The van der Waals surface area contributed by atoms with E-state index in [2.05, 4.69) is 102 Å². The minimum Gasteiger partial charge on any atom is -0.354 e. The second-order valence-electron chi connectivity index (χ2n) is 9.47. The summed E-state index contributed by atoms with van der Waals surface area (Å²) in [5.74, 6) is 1.30. The predicted molar refractivity (Wildman–Crippen MR) is 143 cm³/mol. The fraction of sp³-hybridized carbons (Fsp3) is 0.483. The molecule has 0 N–H and O–H groups in total.